The molecule has 2 amide bonds. The zero-order valence-electron chi connectivity index (χ0n) is 9.37. The van der Waals surface area contributed by atoms with Crippen molar-refractivity contribution in [2.75, 3.05) is 5.32 Å². The minimum Gasteiger partial charge on any atom is -0.356 e. The molecule has 2 N–H and O–H groups in total. The maximum atomic E-state index is 13.8. The lowest BCUT2D eigenvalue weighted by Crippen LogP contribution is -2.47. The van der Waals surface area contributed by atoms with Gasteiger partial charge >= 0.3 is 0 Å². The van der Waals surface area contributed by atoms with Crippen LogP contribution < -0.4 is 10.6 Å². The first-order valence-corrected chi connectivity index (χ1v) is 5.95. The molecule has 96 valence electrons. The van der Waals surface area contributed by atoms with E-state index in [4.69, 9.17) is 11.6 Å². The van der Waals surface area contributed by atoms with E-state index in [1.165, 1.54) is 12.3 Å². The van der Waals surface area contributed by atoms with Gasteiger partial charge in [0.2, 0.25) is 11.8 Å². The predicted octanol–water partition coefficient (Wildman–Crippen LogP) is 1.18. The van der Waals surface area contributed by atoms with Gasteiger partial charge in [-0.1, -0.05) is 0 Å². The second-order valence-electron chi connectivity index (χ2n) is 3.91. The van der Waals surface area contributed by atoms with Crippen LogP contribution in [0.2, 0.25) is 0 Å². The number of carbonyl (C=O) groups excluding carboxylic acids is 2. The van der Waals surface area contributed by atoms with Gasteiger partial charge in [0.1, 0.15) is 6.04 Å². The Balaban J connectivity index is 2.14. The van der Waals surface area contributed by atoms with Crippen molar-refractivity contribution in [3.63, 3.8) is 0 Å². The summed E-state index contributed by atoms with van der Waals surface area (Å²) in [4.78, 5) is 26.3. The number of nitrogens with zero attached hydrogens (tertiary/aromatic N) is 1. The third-order valence-corrected chi connectivity index (χ3v) is 2.95. The SMILES string of the molecule is O=C1CCC(Nc2nccc(CCl)c2F)C(=O)N1. The number of alkyl halides is 1. The average molecular weight is 272 g/mol. The number of hydrogen-bond donors (Lipinski definition) is 2. The summed E-state index contributed by atoms with van der Waals surface area (Å²) >= 11 is 5.58. The number of hydrogen-bond acceptors (Lipinski definition) is 4. The van der Waals surface area contributed by atoms with Gasteiger partial charge in [0, 0.05) is 18.2 Å². The van der Waals surface area contributed by atoms with E-state index in [1.807, 2.05) is 0 Å². The van der Waals surface area contributed by atoms with Gasteiger partial charge < -0.3 is 5.32 Å². The van der Waals surface area contributed by atoms with E-state index in [0.29, 0.717) is 12.0 Å². The highest BCUT2D eigenvalue weighted by Crippen LogP contribution is 2.19. The highest BCUT2D eigenvalue weighted by molar-refractivity contribution is 6.17. The maximum Gasteiger partial charge on any atom is 0.249 e. The second-order valence-corrected chi connectivity index (χ2v) is 4.18. The number of carbonyl (C=O) groups is 2. The Morgan fingerprint density at radius 2 is 2.33 bits per heavy atom. The summed E-state index contributed by atoms with van der Waals surface area (Å²) in [7, 11) is 0. The topological polar surface area (TPSA) is 71.1 Å². The fourth-order valence-corrected chi connectivity index (χ4v) is 1.89. The fourth-order valence-electron chi connectivity index (χ4n) is 1.68. The molecule has 1 unspecified atom stereocenters. The van der Waals surface area contributed by atoms with E-state index < -0.39 is 17.8 Å². The Kier molecular flexibility index (Phi) is 3.76. The molecule has 1 aromatic rings. The van der Waals surface area contributed by atoms with E-state index in [9.17, 15) is 14.0 Å². The lowest BCUT2D eigenvalue weighted by atomic mass is 10.1. The van der Waals surface area contributed by atoms with Crippen LogP contribution >= 0.6 is 11.6 Å². The molecule has 2 rings (SSSR count). The first kappa shape index (κ1) is 12.8. The third-order valence-electron chi connectivity index (χ3n) is 2.66. The molecule has 0 radical (unpaired) electrons. The van der Waals surface area contributed by atoms with Crippen molar-refractivity contribution in [3.8, 4) is 0 Å². The molecule has 0 aromatic carbocycles. The lowest BCUT2D eigenvalue weighted by Gasteiger charge is -2.22. The van der Waals surface area contributed by atoms with E-state index in [-0.39, 0.29) is 24.0 Å². The number of rotatable bonds is 3. The molecule has 2 heterocycles. The van der Waals surface area contributed by atoms with Crippen molar-refractivity contribution in [1.29, 1.82) is 0 Å². The highest BCUT2D eigenvalue weighted by Gasteiger charge is 2.27. The van der Waals surface area contributed by atoms with Gasteiger partial charge in [-0.2, -0.15) is 0 Å². The van der Waals surface area contributed by atoms with Crippen LogP contribution in [0.5, 0.6) is 0 Å². The standard InChI is InChI=1S/C11H11ClFN3O2/c12-5-6-3-4-14-10(9(6)13)15-7-1-2-8(17)16-11(7)18/h3-4,7H,1-2,5H2,(H,14,15)(H,16,17,18). The molecule has 1 aromatic heterocycles. The fraction of sp³-hybridized carbons (Fsp3) is 0.364. The van der Waals surface area contributed by atoms with E-state index in [1.54, 1.807) is 0 Å². The zero-order chi connectivity index (χ0) is 13.1. The predicted molar refractivity (Wildman–Crippen MR) is 63.5 cm³/mol. The number of imide groups is 1. The Bertz CT molecular complexity index is 495. The first-order chi connectivity index (χ1) is 8.61. The molecule has 5 nitrogen and oxygen atoms in total. The zero-order valence-corrected chi connectivity index (χ0v) is 10.1. The summed E-state index contributed by atoms with van der Waals surface area (Å²) in [5.74, 6) is -1.36. The Hall–Kier alpha value is -1.69. The van der Waals surface area contributed by atoms with Gasteiger partial charge in [0.15, 0.2) is 11.6 Å². The van der Waals surface area contributed by atoms with Crippen molar-refractivity contribution >= 4 is 29.2 Å². The van der Waals surface area contributed by atoms with Crippen molar-refractivity contribution in [2.45, 2.75) is 24.8 Å². The van der Waals surface area contributed by atoms with E-state index >= 15 is 0 Å². The van der Waals surface area contributed by atoms with E-state index in [0.717, 1.165) is 0 Å². The average Bonchev–Trinajstić information content (AvgIpc) is 2.35. The summed E-state index contributed by atoms with van der Waals surface area (Å²) in [6, 6.07) is 0.813. The number of piperidine rings is 1. The summed E-state index contributed by atoms with van der Waals surface area (Å²) in [5.41, 5.74) is 0.307. The molecular formula is C11H11ClFN3O2. The molecule has 7 heteroatoms. The molecule has 1 atom stereocenters. The van der Waals surface area contributed by atoms with Gasteiger partial charge in [0.25, 0.3) is 0 Å². The van der Waals surface area contributed by atoms with Gasteiger partial charge in [-0.15, -0.1) is 11.6 Å². The van der Waals surface area contributed by atoms with Crippen LogP contribution in [0.4, 0.5) is 10.2 Å². The largest absolute Gasteiger partial charge is 0.356 e. The first-order valence-electron chi connectivity index (χ1n) is 5.41. The second kappa shape index (κ2) is 5.30. The molecule has 0 saturated carbocycles. The monoisotopic (exact) mass is 271 g/mol. The normalized spacial score (nSPS) is 19.6. The van der Waals surface area contributed by atoms with Crippen molar-refractivity contribution < 1.29 is 14.0 Å². The van der Waals surface area contributed by atoms with Crippen LogP contribution in [0.15, 0.2) is 12.3 Å². The minimum absolute atomic E-state index is 0.0253. The minimum atomic E-state index is -0.657. The van der Waals surface area contributed by atoms with Crippen LogP contribution in [0.3, 0.4) is 0 Å². The number of aromatic nitrogens is 1. The number of pyridine rings is 1. The van der Waals surface area contributed by atoms with Crippen molar-refractivity contribution in [3.05, 3.63) is 23.6 Å². The van der Waals surface area contributed by atoms with Crippen LogP contribution in [0, 0.1) is 5.82 Å². The number of halogens is 2. The maximum absolute atomic E-state index is 13.8. The van der Waals surface area contributed by atoms with Crippen molar-refractivity contribution in [1.82, 2.24) is 10.3 Å². The van der Waals surface area contributed by atoms with Crippen LogP contribution in [0.1, 0.15) is 18.4 Å². The Morgan fingerprint density at radius 1 is 1.56 bits per heavy atom. The molecule has 1 fully saturated rings. The summed E-state index contributed by atoms with van der Waals surface area (Å²) in [6.45, 7) is 0. The van der Waals surface area contributed by atoms with E-state index in [2.05, 4.69) is 15.6 Å². The lowest BCUT2D eigenvalue weighted by molar-refractivity contribution is -0.133. The molecule has 1 aliphatic rings. The highest BCUT2D eigenvalue weighted by atomic mass is 35.5. The Labute approximate surface area is 108 Å². The molecule has 18 heavy (non-hydrogen) atoms. The number of anilines is 1. The Morgan fingerprint density at radius 3 is 3.00 bits per heavy atom. The molecule has 1 aliphatic heterocycles. The van der Waals surface area contributed by atoms with Crippen LogP contribution in [0.25, 0.3) is 0 Å². The van der Waals surface area contributed by atoms with Crippen LogP contribution in [-0.4, -0.2) is 22.8 Å². The van der Waals surface area contributed by atoms with Crippen LogP contribution in [-0.2, 0) is 15.5 Å². The van der Waals surface area contributed by atoms with Crippen molar-refractivity contribution in [2.24, 2.45) is 0 Å². The molecule has 0 aliphatic carbocycles. The molecular weight excluding hydrogens is 261 g/mol. The van der Waals surface area contributed by atoms with Gasteiger partial charge in [-0.3, -0.25) is 14.9 Å². The number of nitrogens with one attached hydrogen (secondary N) is 2. The number of amides is 2. The van der Waals surface area contributed by atoms with Gasteiger partial charge in [0.05, 0.1) is 5.88 Å². The molecule has 0 spiro atoms. The van der Waals surface area contributed by atoms with Gasteiger partial charge in [-0.25, -0.2) is 9.37 Å². The quantitative estimate of drug-likeness (QED) is 0.640. The van der Waals surface area contributed by atoms with Gasteiger partial charge in [-0.05, 0) is 12.5 Å². The molecule has 0 bridgehead atoms. The summed E-state index contributed by atoms with van der Waals surface area (Å²) in [5, 5.41) is 4.87. The summed E-state index contributed by atoms with van der Waals surface area (Å²) in [6.07, 6.45) is 1.95. The molecule has 1 saturated heterocycles. The smallest absolute Gasteiger partial charge is 0.249 e. The third kappa shape index (κ3) is 2.59. The summed E-state index contributed by atoms with van der Waals surface area (Å²) < 4.78 is 13.8.